The number of rotatable bonds is 4. The Kier molecular flexibility index (Phi) is 5.06. The van der Waals surface area contributed by atoms with Crippen LogP contribution in [0.2, 0.25) is 5.02 Å². The fourth-order valence-corrected chi connectivity index (χ4v) is 3.55. The van der Waals surface area contributed by atoms with Gasteiger partial charge in [-0.05, 0) is 29.3 Å². The molecule has 1 atom stereocenters. The van der Waals surface area contributed by atoms with Gasteiger partial charge in [0.15, 0.2) is 0 Å². The highest BCUT2D eigenvalue weighted by molar-refractivity contribution is 7.86. The quantitative estimate of drug-likeness (QED) is 0.820. The molecule has 1 heterocycles. The van der Waals surface area contributed by atoms with Gasteiger partial charge >= 0.3 is 0 Å². The van der Waals surface area contributed by atoms with Crippen LogP contribution in [-0.2, 0) is 14.9 Å². The molecule has 0 aliphatic carbocycles. The summed E-state index contributed by atoms with van der Waals surface area (Å²) in [6.45, 7) is 0. The van der Waals surface area contributed by atoms with E-state index in [-0.39, 0.29) is 5.71 Å². The minimum absolute atomic E-state index is 0.195. The van der Waals surface area contributed by atoms with Gasteiger partial charge in [-0.3, -0.25) is 9.55 Å². The fraction of sp³-hybridized carbons (Fsp3) is 0.167. The predicted octanol–water partition coefficient (Wildman–Crippen LogP) is 3.87. The molecule has 0 fully saturated rings. The Labute approximate surface area is 151 Å². The molecule has 1 unspecified atom stereocenters. The van der Waals surface area contributed by atoms with E-state index in [0.29, 0.717) is 10.7 Å². The van der Waals surface area contributed by atoms with Crippen molar-refractivity contribution in [2.75, 3.05) is 12.9 Å². The Morgan fingerprint density at radius 3 is 2.56 bits per heavy atom. The smallest absolute Gasteiger partial charge is 0.270 e. The zero-order valence-electron chi connectivity index (χ0n) is 13.4. The van der Waals surface area contributed by atoms with E-state index in [1.54, 1.807) is 12.1 Å². The minimum Gasteiger partial charge on any atom is -0.371 e. The van der Waals surface area contributed by atoms with Crippen molar-refractivity contribution in [1.29, 1.82) is 0 Å². The fourth-order valence-electron chi connectivity index (χ4n) is 2.79. The highest BCUT2D eigenvalue weighted by Crippen LogP contribution is 2.34. The number of ether oxygens (including phenoxy) is 1. The zero-order valence-corrected chi connectivity index (χ0v) is 15.0. The Morgan fingerprint density at radius 1 is 1.20 bits per heavy atom. The topological polar surface area (TPSA) is 76.0 Å². The largest absolute Gasteiger partial charge is 0.371 e. The van der Waals surface area contributed by atoms with Gasteiger partial charge in [0.25, 0.3) is 10.1 Å². The summed E-state index contributed by atoms with van der Waals surface area (Å²) in [7, 11) is -2.80. The molecule has 0 spiro atoms. The molecule has 0 saturated carbocycles. The van der Waals surface area contributed by atoms with Crippen molar-refractivity contribution in [1.82, 2.24) is 0 Å². The summed E-state index contributed by atoms with van der Waals surface area (Å²) < 4.78 is 37.8. The number of aliphatic imine (C=N–C) groups is 1. The van der Waals surface area contributed by atoms with Crippen LogP contribution in [0.25, 0.3) is 11.6 Å². The van der Waals surface area contributed by atoms with Gasteiger partial charge in [-0.2, -0.15) is 8.42 Å². The Bertz CT molecular complexity index is 952. The number of hydrogen-bond donors (Lipinski definition) is 1. The van der Waals surface area contributed by atoms with E-state index in [9.17, 15) is 13.0 Å². The third kappa shape index (κ3) is 4.16. The number of fused-ring (bicyclic) bond motifs is 1. The molecular formula is C18H16ClNO4S. The lowest BCUT2D eigenvalue weighted by Gasteiger charge is -2.19. The second-order valence-corrected chi connectivity index (χ2v) is 7.50. The van der Waals surface area contributed by atoms with E-state index < -0.39 is 22.0 Å². The van der Waals surface area contributed by atoms with E-state index >= 15 is 0 Å². The summed E-state index contributed by atoms with van der Waals surface area (Å²) in [6.07, 6.45) is 1.19. The highest BCUT2D eigenvalue weighted by Gasteiger charge is 2.28. The molecule has 0 radical (unpaired) electrons. The van der Waals surface area contributed by atoms with Crippen LogP contribution in [0, 0.1) is 0 Å². The molecule has 2 aromatic rings. The van der Waals surface area contributed by atoms with Crippen LogP contribution >= 0.6 is 11.6 Å². The van der Waals surface area contributed by atoms with Gasteiger partial charge in [0, 0.05) is 17.7 Å². The van der Waals surface area contributed by atoms with Gasteiger partial charge in [-0.1, -0.05) is 48.0 Å². The van der Waals surface area contributed by atoms with Crippen molar-refractivity contribution < 1.29 is 17.7 Å². The van der Waals surface area contributed by atoms with Crippen LogP contribution in [0.1, 0.15) is 11.1 Å². The third-order valence-electron chi connectivity index (χ3n) is 3.83. The maximum atomic E-state index is 11.5. The van der Waals surface area contributed by atoms with Gasteiger partial charge in [0.1, 0.15) is 11.9 Å². The molecule has 130 valence electrons. The molecule has 3 rings (SSSR count). The second kappa shape index (κ2) is 7.09. The molecule has 1 aliphatic heterocycles. The van der Waals surface area contributed by atoms with Gasteiger partial charge in [0.05, 0.1) is 11.4 Å². The summed E-state index contributed by atoms with van der Waals surface area (Å²) >= 11 is 6.05. The van der Waals surface area contributed by atoms with Crippen LogP contribution in [0.5, 0.6) is 0 Å². The van der Waals surface area contributed by atoms with Gasteiger partial charge < -0.3 is 4.74 Å². The number of nitrogens with zero attached hydrogens (tertiary/aromatic N) is 1. The lowest BCUT2D eigenvalue weighted by atomic mass is 9.96. The summed E-state index contributed by atoms with van der Waals surface area (Å²) in [6, 6.07) is 14.7. The van der Waals surface area contributed by atoms with Crippen molar-refractivity contribution in [3.8, 4) is 0 Å². The first-order valence-electron chi connectivity index (χ1n) is 7.49. The summed E-state index contributed by atoms with van der Waals surface area (Å²) in [4.78, 5) is 4.43. The molecule has 5 nitrogen and oxygen atoms in total. The SMILES string of the molecule is COC1C(c2ccccc2)=Cc2ccc(Cl)cc2N=C1CS(=O)(=O)O. The molecule has 0 bridgehead atoms. The van der Waals surface area contributed by atoms with Crippen molar-refractivity contribution in [2.45, 2.75) is 6.10 Å². The van der Waals surface area contributed by atoms with Crippen LogP contribution in [0.15, 0.2) is 53.5 Å². The van der Waals surface area contributed by atoms with Gasteiger partial charge in [0.2, 0.25) is 0 Å². The molecule has 0 aromatic heterocycles. The number of methoxy groups -OCH3 is 1. The van der Waals surface area contributed by atoms with Gasteiger partial charge in [-0.25, -0.2) is 0 Å². The van der Waals surface area contributed by atoms with E-state index in [1.807, 2.05) is 42.5 Å². The van der Waals surface area contributed by atoms with E-state index in [4.69, 9.17) is 16.3 Å². The molecule has 1 N–H and O–H groups in total. The van der Waals surface area contributed by atoms with Crippen molar-refractivity contribution in [3.63, 3.8) is 0 Å². The second-order valence-electron chi connectivity index (χ2n) is 5.61. The normalized spacial score (nSPS) is 17.3. The lowest BCUT2D eigenvalue weighted by Crippen LogP contribution is -2.30. The van der Waals surface area contributed by atoms with E-state index in [0.717, 1.165) is 16.7 Å². The van der Waals surface area contributed by atoms with Gasteiger partial charge in [-0.15, -0.1) is 0 Å². The molecule has 0 amide bonds. The number of benzene rings is 2. The Morgan fingerprint density at radius 2 is 1.92 bits per heavy atom. The molecule has 7 heteroatoms. The average Bonchev–Trinajstić information content (AvgIpc) is 2.70. The monoisotopic (exact) mass is 377 g/mol. The van der Waals surface area contributed by atoms with Crippen molar-refractivity contribution in [3.05, 3.63) is 64.7 Å². The summed E-state index contributed by atoms with van der Waals surface area (Å²) in [5.74, 6) is -0.623. The van der Waals surface area contributed by atoms with Crippen molar-refractivity contribution in [2.24, 2.45) is 4.99 Å². The zero-order chi connectivity index (χ0) is 18.0. The first kappa shape index (κ1) is 17.8. The summed E-state index contributed by atoms with van der Waals surface area (Å²) in [5.41, 5.74) is 3.14. The Balaban J connectivity index is 2.24. The van der Waals surface area contributed by atoms with Crippen LogP contribution in [-0.4, -0.2) is 37.6 Å². The van der Waals surface area contributed by atoms with E-state index in [1.165, 1.54) is 7.11 Å². The average molecular weight is 378 g/mol. The number of hydrogen-bond acceptors (Lipinski definition) is 4. The third-order valence-corrected chi connectivity index (χ3v) is 4.72. The van der Waals surface area contributed by atoms with Crippen LogP contribution in [0.4, 0.5) is 5.69 Å². The predicted molar refractivity (Wildman–Crippen MR) is 100 cm³/mol. The van der Waals surface area contributed by atoms with Crippen LogP contribution in [0.3, 0.4) is 0 Å². The van der Waals surface area contributed by atoms with Crippen molar-refractivity contribution >= 4 is 44.8 Å². The minimum atomic E-state index is -4.27. The maximum Gasteiger partial charge on any atom is 0.270 e. The molecule has 1 aliphatic rings. The first-order chi connectivity index (χ1) is 11.9. The molecule has 0 saturated heterocycles. The number of halogens is 1. The molecule has 25 heavy (non-hydrogen) atoms. The summed E-state index contributed by atoms with van der Waals surface area (Å²) in [5, 5.41) is 0.485. The van der Waals surface area contributed by atoms with Crippen LogP contribution < -0.4 is 0 Å². The standard InChI is InChI=1S/C18H16ClNO4S/c1-24-18-15(12-5-3-2-4-6-12)9-13-7-8-14(19)10-16(13)20-17(18)11-25(21,22)23/h2-10,18H,11H2,1H3,(H,21,22,23). The lowest BCUT2D eigenvalue weighted by molar-refractivity contribution is 0.198. The highest BCUT2D eigenvalue weighted by atomic mass is 35.5. The molecular weight excluding hydrogens is 362 g/mol. The molecule has 2 aromatic carbocycles. The maximum absolute atomic E-state index is 11.5. The van der Waals surface area contributed by atoms with E-state index in [2.05, 4.69) is 4.99 Å². The Hall–Kier alpha value is -1.99. The first-order valence-corrected chi connectivity index (χ1v) is 9.48.